The molecule has 0 unspecified atom stereocenters. The van der Waals surface area contributed by atoms with Crippen molar-refractivity contribution in [1.82, 2.24) is 0 Å². The molecule has 0 saturated heterocycles. The summed E-state index contributed by atoms with van der Waals surface area (Å²) in [5, 5.41) is 0. The molecule has 0 aromatic heterocycles. The molecule has 0 saturated carbocycles. The van der Waals surface area contributed by atoms with Gasteiger partial charge in [-0.15, -0.1) is 0 Å². The van der Waals surface area contributed by atoms with Gasteiger partial charge in [0, 0.05) is 0 Å². The van der Waals surface area contributed by atoms with Gasteiger partial charge in [0.05, 0.1) is 0 Å². The number of benzene rings is 4. The molecule has 0 fully saturated rings. The SMILES string of the molecule is c1ccc(C(CC[Te]O[Te]CCC(c2ccccc2)c2ccccc2)c2ccccc2)cc1. The summed E-state index contributed by atoms with van der Waals surface area (Å²) < 4.78 is 8.79. The van der Waals surface area contributed by atoms with Crippen molar-refractivity contribution in [3.05, 3.63) is 144 Å². The van der Waals surface area contributed by atoms with E-state index in [4.69, 9.17) is 1.47 Å². The third-order valence-electron chi connectivity index (χ3n) is 5.88. The normalized spacial score (nSPS) is 11.2. The first-order valence-corrected chi connectivity index (χ1v) is 16.7. The molecule has 0 atom stereocenters. The molecule has 168 valence electrons. The molecule has 0 aliphatic rings. The molecule has 0 amide bonds. The summed E-state index contributed by atoms with van der Waals surface area (Å²) >= 11 is -0.738. The quantitative estimate of drug-likeness (QED) is 0.113. The van der Waals surface area contributed by atoms with E-state index in [-0.39, 0.29) is 42.7 Å². The minimum atomic E-state index is -0.369. The van der Waals surface area contributed by atoms with Gasteiger partial charge in [-0.25, -0.2) is 0 Å². The third kappa shape index (κ3) is 7.72. The van der Waals surface area contributed by atoms with Crippen LogP contribution < -0.4 is 0 Å². The van der Waals surface area contributed by atoms with Crippen LogP contribution in [0.1, 0.15) is 46.9 Å². The maximum atomic E-state index is 6.34. The van der Waals surface area contributed by atoms with Crippen LogP contribution in [0.4, 0.5) is 0 Å². The molecule has 1 nitrogen and oxygen atoms in total. The fourth-order valence-corrected chi connectivity index (χ4v) is 10.6. The Morgan fingerprint density at radius 2 is 0.697 bits per heavy atom. The zero-order valence-corrected chi connectivity index (χ0v) is 23.4. The van der Waals surface area contributed by atoms with Crippen LogP contribution in [0.3, 0.4) is 0 Å². The van der Waals surface area contributed by atoms with Gasteiger partial charge in [-0.05, 0) is 0 Å². The average molecular weight is 662 g/mol. The summed E-state index contributed by atoms with van der Waals surface area (Å²) in [4.78, 5) is 0. The summed E-state index contributed by atoms with van der Waals surface area (Å²) in [7, 11) is 0. The molecule has 0 radical (unpaired) electrons. The van der Waals surface area contributed by atoms with E-state index in [9.17, 15) is 0 Å². The predicted octanol–water partition coefficient (Wildman–Crippen LogP) is 7.52. The molecule has 0 aliphatic carbocycles. The van der Waals surface area contributed by atoms with Gasteiger partial charge in [0.2, 0.25) is 0 Å². The molecule has 4 rings (SSSR count). The molecular formula is C30H30OTe2. The van der Waals surface area contributed by atoms with Crippen LogP contribution in [-0.2, 0) is 1.47 Å². The van der Waals surface area contributed by atoms with E-state index in [2.05, 4.69) is 121 Å². The predicted molar refractivity (Wildman–Crippen MR) is 141 cm³/mol. The summed E-state index contributed by atoms with van der Waals surface area (Å²) in [6.07, 6.45) is 2.36. The van der Waals surface area contributed by atoms with Gasteiger partial charge < -0.3 is 0 Å². The van der Waals surface area contributed by atoms with E-state index >= 15 is 0 Å². The van der Waals surface area contributed by atoms with Gasteiger partial charge in [-0.1, -0.05) is 0 Å². The number of hydrogen-bond acceptors (Lipinski definition) is 1. The van der Waals surface area contributed by atoms with Crippen molar-refractivity contribution in [2.24, 2.45) is 0 Å². The van der Waals surface area contributed by atoms with E-state index < -0.39 is 0 Å². The maximum absolute atomic E-state index is 6.34. The Morgan fingerprint density at radius 1 is 0.424 bits per heavy atom. The van der Waals surface area contributed by atoms with Crippen molar-refractivity contribution in [1.29, 1.82) is 0 Å². The first-order valence-electron chi connectivity index (χ1n) is 11.5. The Kier molecular flexibility index (Phi) is 10.4. The van der Waals surface area contributed by atoms with Gasteiger partial charge in [0.15, 0.2) is 0 Å². The second-order valence-corrected chi connectivity index (χ2v) is 14.7. The van der Waals surface area contributed by atoms with Crippen LogP contribution in [0.5, 0.6) is 0 Å². The molecular weight excluding hydrogens is 632 g/mol. The van der Waals surface area contributed by atoms with Crippen molar-refractivity contribution in [2.45, 2.75) is 33.6 Å². The van der Waals surface area contributed by atoms with Crippen molar-refractivity contribution in [3.8, 4) is 0 Å². The van der Waals surface area contributed by atoms with Gasteiger partial charge in [-0.2, -0.15) is 0 Å². The Morgan fingerprint density at radius 3 is 0.970 bits per heavy atom. The minimum absolute atomic E-state index is 0.369. The topological polar surface area (TPSA) is 9.23 Å². The average Bonchev–Trinajstić information content (AvgIpc) is 2.90. The number of hydrogen-bond donors (Lipinski definition) is 0. The standard InChI is InChI=1S/C30H30OTe2/c1-5-13-25(14-6-1)29(26-15-7-2-8-16-26)21-23-32-31-33-24-22-30(27-17-9-3-10-18-27)28-19-11-4-12-20-28/h1-20,29-30H,21-24H2. The van der Waals surface area contributed by atoms with Crippen molar-refractivity contribution >= 4 is 42.7 Å². The van der Waals surface area contributed by atoms with Crippen molar-refractivity contribution in [2.75, 3.05) is 0 Å². The Labute approximate surface area is 219 Å². The zero-order valence-electron chi connectivity index (χ0n) is 18.8. The van der Waals surface area contributed by atoms with Crippen LogP contribution in [-0.4, -0.2) is 42.7 Å². The van der Waals surface area contributed by atoms with E-state index in [1.165, 1.54) is 44.0 Å². The second-order valence-electron chi connectivity index (χ2n) is 8.04. The fourth-order valence-electron chi connectivity index (χ4n) is 4.23. The Hall–Kier alpha value is -1.58. The first-order chi connectivity index (χ1) is 16.4. The van der Waals surface area contributed by atoms with E-state index in [0.29, 0.717) is 11.8 Å². The third-order valence-corrected chi connectivity index (χ3v) is 12.4. The summed E-state index contributed by atoms with van der Waals surface area (Å²) in [6.45, 7) is 0. The fraction of sp³-hybridized carbons (Fsp3) is 0.200. The van der Waals surface area contributed by atoms with Crippen LogP contribution in [0.15, 0.2) is 121 Å². The van der Waals surface area contributed by atoms with E-state index in [1.807, 2.05) is 0 Å². The summed E-state index contributed by atoms with van der Waals surface area (Å²) in [5.41, 5.74) is 5.67. The van der Waals surface area contributed by atoms with E-state index in [0.717, 1.165) is 0 Å². The molecule has 0 aliphatic heterocycles. The second kappa shape index (κ2) is 14.0. The van der Waals surface area contributed by atoms with Crippen LogP contribution in [0.2, 0.25) is 8.94 Å². The van der Waals surface area contributed by atoms with Crippen LogP contribution in [0.25, 0.3) is 0 Å². The van der Waals surface area contributed by atoms with Gasteiger partial charge in [-0.3, -0.25) is 0 Å². The molecule has 0 heterocycles. The molecule has 0 spiro atoms. The number of rotatable bonds is 12. The molecule has 33 heavy (non-hydrogen) atoms. The molecule has 4 aromatic rings. The summed E-state index contributed by atoms with van der Waals surface area (Å²) in [6, 6.07) is 43.8. The summed E-state index contributed by atoms with van der Waals surface area (Å²) in [5.74, 6) is 0.949. The Bertz CT molecular complexity index is 874. The van der Waals surface area contributed by atoms with Crippen LogP contribution in [0, 0.1) is 0 Å². The Balaban J connectivity index is 1.25. The first kappa shape index (κ1) is 24.5. The molecule has 0 bridgehead atoms. The van der Waals surface area contributed by atoms with Crippen molar-refractivity contribution in [3.63, 3.8) is 0 Å². The van der Waals surface area contributed by atoms with E-state index in [1.54, 1.807) is 0 Å². The molecule has 3 heteroatoms. The zero-order chi connectivity index (χ0) is 22.6. The van der Waals surface area contributed by atoms with Crippen LogP contribution >= 0.6 is 0 Å². The van der Waals surface area contributed by atoms with Crippen molar-refractivity contribution < 1.29 is 1.47 Å². The monoisotopic (exact) mass is 666 g/mol. The molecule has 4 aromatic carbocycles. The molecule has 0 N–H and O–H groups in total. The van der Waals surface area contributed by atoms with Gasteiger partial charge in [0.1, 0.15) is 0 Å². The van der Waals surface area contributed by atoms with Gasteiger partial charge in [0.25, 0.3) is 0 Å². The van der Waals surface area contributed by atoms with Gasteiger partial charge >= 0.3 is 221 Å².